The molecule has 2 rings (SSSR count). The van der Waals surface area contributed by atoms with E-state index in [0.717, 1.165) is 16.7 Å². The monoisotopic (exact) mass is 217 g/mol. The van der Waals surface area contributed by atoms with Crippen molar-refractivity contribution in [2.75, 3.05) is 0 Å². The largest absolute Gasteiger partial charge is 0.385 e. The number of carbonyl (C=O) groups excluding carboxylic acids is 1. The highest BCUT2D eigenvalue weighted by atomic mass is 16.2. The number of urea groups is 1. The number of benzene rings is 1. The highest BCUT2D eigenvalue weighted by Crippen LogP contribution is 2.25. The van der Waals surface area contributed by atoms with Gasteiger partial charge in [-0.2, -0.15) is 4.99 Å². The van der Waals surface area contributed by atoms with Gasteiger partial charge in [0.2, 0.25) is 0 Å². The second-order valence-electron chi connectivity index (χ2n) is 4.23. The van der Waals surface area contributed by atoms with Gasteiger partial charge in [-0.1, -0.05) is 17.7 Å². The van der Waals surface area contributed by atoms with E-state index in [1.54, 1.807) is 0 Å². The van der Waals surface area contributed by atoms with Crippen LogP contribution in [0.2, 0.25) is 0 Å². The quantitative estimate of drug-likeness (QED) is 0.752. The lowest BCUT2D eigenvalue weighted by Gasteiger charge is -2.17. The fraction of sp³-hybridized carbons (Fsp3) is 0.333. The fourth-order valence-electron chi connectivity index (χ4n) is 2.28. The first-order valence-electron chi connectivity index (χ1n) is 5.21. The molecule has 1 aromatic rings. The van der Waals surface area contributed by atoms with Crippen LogP contribution in [0.15, 0.2) is 17.1 Å². The molecule has 4 heteroatoms. The average Bonchev–Trinajstić information content (AvgIpc) is 2.43. The van der Waals surface area contributed by atoms with Crippen molar-refractivity contribution in [3.63, 3.8) is 0 Å². The van der Waals surface area contributed by atoms with E-state index in [9.17, 15) is 4.79 Å². The van der Waals surface area contributed by atoms with Crippen molar-refractivity contribution >= 4 is 11.9 Å². The number of nitrogens with zero attached hydrogens (tertiary/aromatic N) is 1. The van der Waals surface area contributed by atoms with Crippen LogP contribution < -0.4 is 11.1 Å². The highest BCUT2D eigenvalue weighted by molar-refractivity contribution is 6.03. The minimum Gasteiger partial charge on any atom is -0.385 e. The maximum Gasteiger partial charge on any atom is 0.343 e. The summed E-state index contributed by atoms with van der Waals surface area (Å²) >= 11 is 0. The maximum atomic E-state index is 11.1. The summed E-state index contributed by atoms with van der Waals surface area (Å²) in [6.45, 7) is 6.09. The van der Waals surface area contributed by atoms with Crippen LogP contribution >= 0.6 is 0 Å². The molecule has 1 unspecified atom stereocenters. The summed E-state index contributed by atoms with van der Waals surface area (Å²) in [4.78, 5) is 14.8. The minimum atomic E-state index is -0.359. The Kier molecular flexibility index (Phi) is 2.42. The van der Waals surface area contributed by atoms with Gasteiger partial charge in [-0.05, 0) is 37.5 Å². The van der Waals surface area contributed by atoms with E-state index in [1.165, 1.54) is 5.56 Å². The molecule has 0 saturated heterocycles. The molecule has 0 bridgehead atoms. The van der Waals surface area contributed by atoms with Gasteiger partial charge in [-0.25, -0.2) is 4.79 Å². The number of rotatable bonds is 1. The van der Waals surface area contributed by atoms with Crippen LogP contribution in [-0.4, -0.2) is 11.9 Å². The van der Waals surface area contributed by atoms with E-state index in [0.29, 0.717) is 5.84 Å². The highest BCUT2D eigenvalue weighted by Gasteiger charge is 2.27. The van der Waals surface area contributed by atoms with Gasteiger partial charge in [-0.15, -0.1) is 0 Å². The van der Waals surface area contributed by atoms with E-state index >= 15 is 0 Å². The SMILES string of the molecule is Cc1cc(C)c(C2NC(=O)N=C2N)c(C)c1. The average molecular weight is 217 g/mol. The van der Waals surface area contributed by atoms with Gasteiger partial charge < -0.3 is 11.1 Å². The molecule has 1 aromatic carbocycles. The summed E-state index contributed by atoms with van der Waals surface area (Å²) in [5.41, 5.74) is 10.3. The first-order chi connectivity index (χ1) is 7.49. The molecule has 0 radical (unpaired) electrons. The molecule has 1 heterocycles. The van der Waals surface area contributed by atoms with Crippen LogP contribution in [0.25, 0.3) is 0 Å². The Labute approximate surface area is 94.6 Å². The minimum absolute atomic E-state index is 0.270. The maximum absolute atomic E-state index is 11.1. The summed E-state index contributed by atoms with van der Waals surface area (Å²) in [6.07, 6.45) is 0. The number of nitrogens with two attached hydrogens (primary N) is 1. The Morgan fingerprint density at radius 1 is 1.25 bits per heavy atom. The van der Waals surface area contributed by atoms with Gasteiger partial charge in [0.25, 0.3) is 0 Å². The number of aryl methyl sites for hydroxylation is 3. The number of amidine groups is 1. The van der Waals surface area contributed by atoms with E-state index in [1.807, 2.05) is 13.8 Å². The molecule has 3 N–H and O–H groups in total. The molecular weight excluding hydrogens is 202 g/mol. The number of aliphatic imine (C=N–C) groups is 1. The molecule has 4 nitrogen and oxygen atoms in total. The molecule has 1 aliphatic rings. The normalized spacial score (nSPS) is 19.6. The standard InChI is InChI=1S/C12H15N3O/c1-6-4-7(2)9(8(3)5-6)10-11(13)15-12(16)14-10/h4-5,10H,1-3H3,(H3,13,14,15,16). The number of nitrogens with one attached hydrogen (secondary N) is 1. The van der Waals surface area contributed by atoms with Crippen LogP contribution in [0.3, 0.4) is 0 Å². The van der Waals surface area contributed by atoms with Crippen molar-refractivity contribution in [3.8, 4) is 0 Å². The fourth-order valence-corrected chi connectivity index (χ4v) is 2.28. The van der Waals surface area contributed by atoms with Crippen LogP contribution in [0.5, 0.6) is 0 Å². The van der Waals surface area contributed by atoms with Crippen molar-refractivity contribution in [1.82, 2.24) is 5.32 Å². The number of carbonyl (C=O) groups is 1. The zero-order chi connectivity index (χ0) is 11.9. The molecule has 2 amide bonds. The Morgan fingerprint density at radius 3 is 2.25 bits per heavy atom. The molecule has 0 aliphatic carbocycles. The van der Waals surface area contributed by atoms with Gasteiger partial charge >= 0.3 is 6.03 Å². The van der Waals surface area contributed by atoms with Crippen molar-refractivity contribution < 1.29 is 4.79 Å². The Balaban J connectivity index is 2.50. The van der Waals surface area contributed by atoms with Crippen molar-refractivity contribution in [2.45, 2.75) is 26.8 Å². The lowest BCUT2D eigenvalue weighted by atomic mass is 9.94. The second kappa shape index (κ2) is 3.63. The van der Waals surface area contributed by atoms with Crippen LogP contribution in [0, 0.1) is 20.8 Å². The van der Waals surface area contributed by atoms with Crippen molar-refractivity contribution in [1.29, 1.82) is 0 Å². The Morgan fingerprint density at radius 2 is 1.81 bits per heavy atom. The molecule has 1 atom stereocenters. The predicted molar refractivity (Wildman–Crippen MR) is 63.5 cm³/mol. The van der Waals surface area contributed by atoms with Gasteiger partial charge in [0.15, 0.2) is 0 Å². The van der Waals surface area contributed by atoms with Gasteiger partial charge in [0.05, 0.1) is 0 Å². The van der Waals surface area contributed by atoms with Gasteiger partial charge in [0, 0.05) is 0 Å². The van der Waals surface area contributed by atoms with Crippen molar-refractivity contribution in [3.05, 3.63) is 34.4 Å². The molecule has 0 spiro atoms. The Bertz CT molecular complexity index is 468. The van der Waals surface area contributed by atoms with Crippen molar-refractivity contribution in [2.24, 2.45) is 10.7 Å². The van der Waals surface area contributed by atoms with Gasteiger partial charge in [-0.3, -0.25) is 0 Å². The number of hydrogen-bond donors (Lipinski definition) is 2. The van der Waals surface area contributed by atoms with Crippen LogP contribution in [0.4, 0.5) is 4.79 Å². The first-order valence-corrected chi connectivity index (χ1v) is 5.21. The molecule has 1 aliphatic heterocycles. The van der Waals surface area contributed by atoms with E-state index in [4.69, 9.17) is 5.73 Å². The van der Waals surface area contributed by atoms with E-state index in [2.05, 4.69) is 29.4 Å². The summed E-state index contributed by atoms with van der Waals surface area (Å²) in [7, 11) is 0. The smallest absolute Gasteiger partial charge is 0.343 e. The molecule has 0 aromatic heterocycles. The van der Waals surface area contributed by atoms with E-state index in [-0.39, 0.29) is 12.1 Å². The third kappa shape index (κ3) is 1.66. The molecule has 84 valence electrons. The Hall–Kier alpha value is -1.84. The summed E-state index contributed by atoms with van der Waals surface area (Å²) < 4.78 is 0. The summed E-state index contributed by atoms with van der Waals surface area (Å²) in [5.74, 6) is 0.347. The molecular formula is C12H15N3O. The lowest BCUT2D eigenvalue weighted by Crippen LogP contribution is -2.29. The molecule has 0 fully saturated rings. The molecule has 16 heavy (non-hydrogen) atoms. The number of amides is 2. The predicted octanol–water partition coefficient (Wildman–Crippen LogP) is 1.73. The summed E-state index contributed by atoms with van der Waals surface area (Å²) in [5, 5.41) is 2.75. The zero-order valence-electron chi connectivity index (χ0n) is 9.66. The second-order valence-corrected chi connectivity index (χ2v) is 4.23. The first kappa shape index (κ1) is 10.7. The third-order valence-corrected chi connectivity index (χ3v) is 2.82. The topological polar surface area (TPSA) is 67.5 Å². The number of hydrogen-bond acceptors (Lipinski definition) is 2. The van der Waals surface area contributed by atoms with Gasteiger partial charge in [0.1, 0.15) is 11.9 Å². The molecule has 0 saturated carbocycles. The third-order valence-electron chi connectivity index (χ3n) is 2.82. The zero-order valence-corrected chi connectivity index (χ0v) is 9.66. The van der Waals surface area contributed by atoms with Crippen LogP contribution in [0.1, 0.15) is 28.3 Å². The summed E-state index contributed by atoms with van der Waals surface area (Å²) in [6, 6.07) is 3.54. The van der Waals surface area contributed by atoms with E-state index < -0.39 is 0 Å². The van der Waals surface area contributed by atoms with Crippen LogP contribution in [-0.2, 0) is 0 Å². The lowest BCUT2D eigenvalue weighted by molar-refractivity contribution is 0.250.